The van der Waals surface area contributed by atoms with Crippen LogP contribution in [0.4, 0.5) is 0 Å². The van der Waals surface area contributed by atoms with Crippen molar-refractivity contribution in [3.8, 4) is 6.07 Å². The Kier molecular flexibility index (Phi) is 3.22. The number of halogens is 1. The summed E-state index contributed by atoms with van der Waals surface area (Å²) in [4.78, 5) is 4.19. The summed E-state index contributed by atoms with van der Waals surface area (Å²) >= 11 is 4.93. The zero-order chi connectivity index (χ0) is 11.5. The molecule has 0 saturated carbocycles. The quantitative estimate of drug-likeness (QED) is 0.853. The van der Waals surface area contributed by atoms with Crippen molar-refractivity contribution in [2.45, 2.75) is 0 Å². The van der Waals surface area contributed by atoms with E-state index in [-0.39, 0.29) is 0 Å². The van der Waals surface area contributed by atoms with E-state index in [1.807, 2.05) is 31.5 Å². The van der Waals surface area contributed by atoms with Crippen LogP contribution in [-0.2, 0) is 7.05 Å². The van der Waals surface area contributed by atoms with Gasteiger partial charge in [0, 0.05) is 13.2 Å². The van der Waals surface area contributed by atoms with Gasteiger partial charge in [0.05, 0.1) is 9.98 Å². The average molecular weight is 294 g/mol. The molecule has 0 spiro atoms. The van der Waals surface area contributed by atoms with E-state index in [4.69, 9.17) is 5.26 Å². The molecule has 2 aromatic rings. The van der Waals surface area contributed by atoms with Gasteiger partial charge in [-0.15, -0.1) is 11.3 Å². The molecule has 80 valence electrons. The molecule has 0 aliphatic carbocycles. The van der Waals surface area contributed by atoms with Crippen molar-refractivity contribution in [2.75, 3.05) is 0 Å². The van der Waals surface area contributed by atoms with Crippen molar-refractivity contribution < 1.29 is 0 Å². The van der Waals surface area contributed by atoms with E-state index in [0.29, 0.717) is 5.69 Å². The first-order valence-electron chi connectivity index (χ1n) is 4.55. The van der Waals surface area contributed by atoms with Crippen molar-refractivity contribution in [3.63, 3.8) is 0 Å². The molecule has 0 radical (unpaired) electrons. The van der Waals surface area contributed by atoms with E-state index >= 15 is 0 Å². The summed E-state index contributed by atoms with van der Waals surface area (Å²) in [5.41, 5.74) is 1.66. The summed E-state index contributed by atoms with van der Waals surface area (Å²) in [5, 5.41) is 9.75. The molecular formula is C11H8BrN3S. The highest BCUT2D eigenvalue weighted by molar-refractivity contribution is 9.11. The van der Waals surface area contributed by atoms with Crippen LogP contribution in [0, 0.1) is 11.3 Å². The zero-order valence-electron chi connectivity index (χ0n) is 8.51. The molecule has 0 aromatic carbocycles. The number of nitriles is 1. The van der Waals surface area contributed by atoms with E-state index in [0.717, 1.165) is 14.4 Å². The topological polar surface area (TPSA) is 41.6 Å². The Morgan fingerprint density at radius 2 is 2.38 bits per heavy atom. The van der Waals surface area contributed by atoms with Gasteiger partial charge in [0.1, 0.15) is 16.8 Å². The first-order valence-corrected chi connectivity index (χ1v) is 6.16. The van der Waals surface area contributed by atoms with Crippen LogP contribution in [-0.4, -0.2) is 9.55 Å². The first kappa shape index (κ1) is 11.1. The molecule has 3 nitrogen and oxygen atoms in total. The smallest absolute Gasteiger partial charge is 0.120 e. The van der Waals surface area contributed by atoms with Crippen LogP contribution < -0.4 is 0 Å². The molecule has 0 amide bonds. The van der Waals surface area contributed by atoms with Gasteiger partial charge in [-0.05, 0) is 33.6 Å². The zero-order valence-corrected chi connectivity index (χ0v) is 10.9. The molecule has 0 unspecified atom stereocenters. The molecule has 16 heavy (non-hydrogen) atoms. The van der Waals surface area contributed by atoms with Crippen molar-refractivity contribution in [2.24, 2.45) is 7.05 Å². The third-order valence-electron chi connectivity index (χ3n) is 2.05. The standard InChI is InChI=1S/C11H8BrN3S/c1-15-7-8(4-9(15)5-13)2-3-11-14-6-10(12)16-11/h2-4,6-7H,1H3/b3-2+. The minimum Gasteiger partial charge on any atom is -0.342 e. The molecule has 2 rings (SSSR count). The highest BCUT2D eigenvalue weighted by Gasteiger charge is 1.99. The summed E-state index contributed by atoms with van der Waals surface area (Å²) in [5.74, 6) is 0. The largest absolute Gasteiger partial charge is 0.342 e. The van der Waals surface area contributed by atoms with E-state index in [2.05, 4.69) is 27.0 Å². The Hall–Kier alpha value is -1.38. The van der Waals surface area contributed by atoms with E-state index in [9.17, 15) is 0 Å². The van der Waals surface area contributed by atoms with Gasteiger partial charge >= 0.3 is 0 Å². The monoisotopic (exact) mass is 293 g/mol. The SMILES string of the molecule is Cn1cc(/C=C/c2ncc(Br)s2)cc1C#N. The van der Waals surface area contributed by atoms with Gasteiger partial charge in [0.25, 0.3) is 0 Å². The fourth-order valence-corrected chi connectivity index (χ4v) is 2.45. The lowest BCUT2D eigenvalue weighted by Gasteiger charge is -1.87. The second-order valence-electron chi connectivity index (χ2n) is 3.22. The van der Waals surface area contributed by atoms with Gasteiger partial charge in [-0.1, -0.05) is 6.08 Å². The van der Waals surface area contributed by atoms with E-state index in [1.54, 1.807) is 22.1 Å². The van der Waals surface area contributed by atoms with Gasteiger partial charge in [0.2, 0.25) is 0 Å². The third-order valence-corrected chi connectivity index (χ3v) is 3.50. The van der Waals surface area contributed by atoms with Gasteiger partial charge in [-0.25, -0.2) is 4.98 Å². The van der Waals surface area contributed by atoms with Crippen molar-refractivity contribution in [1.82, 2.24) is 9.55 Å². The van der Waals surface area contributed by atoms with Crippen molar-refractivity contribution in [1.29, 1.82) is 5.26 Å². The van der Waals surface area contributed by atoms with Crippen molar-refractivity contribution in [3.05, 3.63) is 38.5 Å². The normalized spacial score (nSPS) is 10.8. The van der Waals surface area contributed by atoms with Crippen LogP contribution >= 0.6 is 27.3 Å². The molecule has 0 N–H and O–H groups in total. The number of aryl methyl sites for hydroxylation is 1. The van der Waals surface area contributed by atoms with Crippen LogP contribution in [0.3, 0.4) is 0 Å². The van der Waals surface area contributed by atoms with E-state index < -0.39 is 0 Å². The molecule has 0 aliphatic rings. The molecule has 0 saturated heterocycles. The lowest BCUT2D eigenvalue weighted by molar-refractivity contribution is 0.908. The lowest BCUT2D eigenvalue weighted by Crippen LogP contribution is -1.86. The average Bonchev–Trinajstić information content (AvgIpc) is 2.82. The maximum Gasteiger partial charge on any atom is 0.120 e. The summed E-state index contributed by atoms with van der Waals surface area (Å²) in [7, 11) is 1.86. The fourth-order valence-electron chi connectivity index (χ4n) is 1.30. The highest BCUT2D eigenvalue weighted by atomic mass is 79.9. The maximum absolute atomic E-state index is 8.81. The van der Waals surface area contributed by atoms with Crippen LogP contribution in [0.2, 0.25) is 0 Å². The van der Waals surface area contributed by atoms with Crippen LogP contribution in [0.5, 0.6) is 0 Å². The Balaban J connectivity index is 2.21. The molecule has 2 heterocycles. The summed E-state index contributed by atoms with van der Waals surface area (Å²) in [6.45, 7) is 0. The lowest BCUT2D eigenvalue weighted by atomic mass is 10.3. The second kappa shape index (κ2) is 4.64. The molecule has 0 fully saturated rings. The number of thiazole rings is 1. The Labute approximate surface area is 106 Å². The number of aromatic nitrogens is 2. The van der Waals surface area contributed by atoms with E-state index in [1.165, 1.54) is 0 Å². The number of hydrogen-bond acceptors (Lipinski definition) is 3. The second-order valence-corrected chi connectivity index (χ2v) is 5.66. The Bertz CT molecular complexity index is 574. The van der Waals surface area contributed by atoms with Gasteiger partial charge in [-0.3, -0.25) is 0 Å². The third kappa shape index (κ3) is 2.40. The summed E-state index contributed by atoms with van der Waals surface area (Å²) in [6.07, 6.45) is 7.58. The van der Waals surface area contributed by atoms with Gasteiger partial charge in [-0.2, -0.15) is 5.26 Å². The Morgan fingerprint density at radius 1 is 1.56 bits per heavy atom. The Morgan fingerprint density at radius 3 is 2.94 bits per heavy atom. The maximum atomic E-state index is 8.81. The number of nitrogens with zero attached hydrogens (tertiary/aromatic N) is 3. The summed E-state index contributed by atoms with van der Waals surface area (Å²) in [6, 6.07) is 3.97. The van der Waals surface area contributed by atoms with Gasteiger partial charge in [0.15, 0.2) is 0 Å². The number of hydrogen-bond donors (Lipinski definition) is 0. The molecule has 0 atom stereocenters. The van der Waals surface area contributed by atoms with Crippen LogP contribution in [0.25, 0.3) is 12.2 Å². The summed E-state index contributed by atoms with van der Waals surface area (Å²) < 4.78 is 2.81. The predicted molar refractivity (Wildman–Crippen MR) is 68.9 cm³/mol. The molecular weight excluding hydrogens is 286 g/mol. The minimum absolute atomic E-state index is 0.653. The van der Waals surface area contributed by atoms with Crippen molar-refractivity contribution >= 4 is 39.4 Å². The first-order chi connectivity index (χ1) is 7.69. The van der Waals surface area contributed by atoms with Crippen LogP contribution in [0.15, 0.2) is 22.2 Å². The predicted octanol–water partition coefficient (Wildman–Crippen LogP) is 3.29. The van der Waals surface area contributed by atoms with Gasteiger partial charge < -0.3 is 4.57 Å². The molecule has 5 heteroatoms. The van der Waals surface area contributed by atoms with Crippen LogP contribution in [0.1, 0.15) is 16.3 Å². The minimum atomic E-state index is 0.653. The highest BCUT2D eigenvalue weighted by Crippen LogP contribution is 2.21. The molecule has 0 bridgehead atoms. The fraction of sp³-hybridized carbons (Fsp3) is 0.0909. The molecule has 2 aromatic heterocycles. The molecule has 0 aliphatic heterocycles. The number of rotatable bonds is 2.